The number of rotatable bonds is 14. The van der Waals surface area contributed by atoms with Gasteiger partial charge in [-0.3, -0.25) is 19.0 Å². The summed E-state index contributed by atoms with van der Waals surface area (Å²) in [6.45, 7) is 0.228. The smallest absolute Gasteiger partial charge is 0.305 e. The highest BCUT2D eigenvalue weighted by Crippen LogP contribution is 2.30. The number of carboxylic acids is 1. The number of carbonyl (C=O) groups is 2. The van der Waals surface area contributed by atoms with E-state index < -0.39 is 5.97 Å². The number of fused-ring (bicyclic) bond motifs is 1. The number of imidazole rings is 1. The zero-order valence-electron chi connectivity index (χ0n) is 18.3. The van der Waals surface area contributed by atoms with Gasteiger partial charge >= 0.3 is 11.9 Å². The lowest BCUT2D eigenvalue weighted by Crippen LogP contribution is -2.19. The van der Waals surface area contributed by atoms with E-state index in [1.165, 1.54) is 6.33 Å². The van der Waals surface area contributed by atoms with Gasteiger partial charge in [0.25, 0.3) is 5.56 Å². The molecule has 0 unspecified atom stereocenters. The Balaban J connectivity index is 1.24. The van der Waals surface area contributed by atoms with Crippen LogP contribution in [0.5, 0.6) is 0 Å². The van der Waals surface area contributed by atoms with Crippen molar-refractivity contribution in [3.63, 3.8) is 0 Å². The minimum atomic E-state index is -0.724. The molecule has 0 radical (unpaired) electrons. The summed E-state index contributed by atoms with van der Waals surface area (Å²) >= 11 is 0. The molecule has 2 aromatic rings. The summed E-state index contributed by atoms with van der Waals surface area (Å²) in [6.07, 6.45) is 12.5. The SMILES string of the molecule is O=C(O)CCCCCCCCCCC(=O)OC[C@@H]1CC[C@H](n2cnc3c(=O)[nH]cnc32)O1. The molecule has 1 aliphatic heterocycles. The van der Waals surface area contributed by atoms with Crippen LogP contribution in [0, 0.1) is 0 Å². The molecule has 1 saturated heterocycles. The number of aromatic amines is 1. The van der Waals surface area contributed by atoms with Crippen LogP contribution in [0.15, 0.2) is 17.4 Å². The van der Waals surface area contributed by atoms with E-state index >= 15 is 0 Å². The number of carboxylic acid groups (broad SMARTS) is 1. The average Bonchev–Trinajstić information content (AvgIpc) is 3.41. The van der Waals surface area contributed by atoms with Crippen molar-refractivity contribution in [2.45, 2.75) is 89.4 Å². The highest BCUT2D eigenvalue weighted by atomic mass is 16.6. The van der Waals surface area contributed by atoms with E-state index in [1.54, 1.807) is 10.9 Å². The fraction of sp³-hybridized carbons (Fsp3) is 0.682. The Hall–Kier alpha value is -2.75. The molecule has 0 amide bonds. The van der Waals surface area contributed by atoms with E-state index in [9.17, 15) is 14.4 Å². The molecule has 2 N–H and O–H groups in total. The molecule has 0 aliphatic carbocycles. The first-order valence-corrected chi connectivity index (χ1v) is 11.5. The number of nitrogens with zero attached hydrogens (tertiary/aromatic N) is 3. The van der Waals surface area contributed by atoms with Crippen molar-refractivity contribution < 1.29 is 24.2 Å². The molecule has 0 bridgehead atoms. The summed E-state index contributed by atoms with van der Waals surface area (Å²) in [5.41, 5.74) is 0.480. The van der Waals surface area contributed by atoms with Gasteiger partial charge in [-0.05, 0) is 25.7 Å². The quantitative estimate of drug-likeness (QED) is 0.332. The monoisotopic (exact) mass is 448 g/mol. The molecule has 10 nitrogen and oxygen atoms in total. The van der Waals surface area contributed by atoms with Gasteiger partial charge < -0.3 is 19.6 Å². The fourth-order valence-electron chi connectivity index (χ4n) is 3.95. The minimum Gasteiger partial charge on any atom is -0.481 e. The molecule has 0 saturated carbocycles. The number of aromatic nitrogens is 4. The van der Waals surface area contributed by atoms with Gasteiger partial charge in [0, 0.05) is 12.8 Å². The van der Waals surface area contributed by atoms with Crippen molar-refractivity contribution in [2.24, 2.45) is 0 Å². The lowest BCUT2D eigenvalue weighted by atomic mass is 10.1. The van der Waals surface area contributed by atoms with Crippen molar-refractivity contribution in [1.82, 2.24) is 19.5 Å². The van der Waals surface area contributed by atoms with Crippen LogP contribution < -0.4 is 5.56 Å². The molecule has 32 heavy (non-hydrogen) atoms. The van der Waals surface area contributed by atoms with Crippen LogP contribution >= 0.6 is 0 Å². The third-order valence-electron chi connectivity index (χ3n) is 5.71. The third kappa shape index (κ3) is 7.15. The lowest BCUT2D eigenvalue weighted by Gasteiger charge is -2.15. The van der Waals surface area contributed by atoms with Crippen molar-refractivity contribution in [3.05, 3.63) is 23.0 Å². The van der Waals surface area contributed by atoms with Crippen LogP contribution in [-0.4, -0.2) is 49.3 Å². The number of hydrogen-bond donors (Lipinski definition) is 2. The second-order valence-electron chi connectivity index (χ2n) is 8.25. The van der Waals surface area contributed by atoms with Gasteiger partial charge in [0.2, 0.25) is 0 Å². The van der Waals surface area contributed by atoms with Gasteiger partial charge in [0.15, 0.2) is 11.2 Å². The first kappa shape index (κ1) is 23.9. The van der Waals surface area contributed by atoms with Crippen LogP contribution in [0.2, 0.25) is 0 Å². The van der Waals surface area contributed by atoms with E-state index in [-0.39, 0.29) is 42.4 Å². The van der Waals surface area contributed by atoms with Gasteiger partial charge in [-0.1, -0.05) is 38.5 Å². The van der Waals surface area contributed by atoms with Gasteiger partial charge in [0.05, 0.1) is 18.8 Å². The molecule has 1 aliphatic rings. The first-order chi connectivity index (χ1) is 15.5. The summed E-state index contributed by atoms with van der Waals surface area (Å²) in [5.74, 6) is -0.926. The molecule has 10 heteroatoms. The van der Waals surface area contributed by atoms with Crippen molar-refractivity contribution in [3.8, 4) is 0 Å². The Labute approximate surface area is 186 Å². The van der Waals surface area contributed by atoms with Crippen LogP contribution in [-0.2, 0) is 19.1 Å². The Morgan fingerprint density at radius 3 is 2.47 bits per heavy atom. The second-order valence-corrected chi connectivity index (χ2v) is 8.25. The number of hydrogen-bond acceptors (Lipinski definition) is 7. The van der Waals surface area contributed by atoms with Gasteiger partial charge in [-0.15, -0.1) is 0 Å². The van der Waals surface area contributed by atoms with E-state index in [2.05, 4.69) is 15.0 Å². The molecule has 2 aromatic heterocycles. The molecule has 0 spiro atoms. The average molecular weight is 449 g/mol. The topological polar surface area (TPSA) is 136 Å². The van der Waals surface area contributed by atoms with Gasteiger partial charge in [-0.25, -0.2) is 9.97 Å². The number of carbonyl (C=O) groups excluding carboxylic acids is 1. The van der Waals surface area contributed by atoms with Crippen molar-refractivity contribution in [1.29, 1.82) is 0 Å². The van der Waals surface area contributed by atoms with E-state index in [1.807, 2.05) is 0 Å². The number of esters is 1. The molecule has 3 heterocycles. The maximum Gasteiger partial charge on any atom is 0.305 e. The Kier molecular flexibility index (Phi) is 9.21. The number of aliphatic carboxylic acids is 1. The summed E-state index contributed by atoms with van der Waals surface area (Å²) in [6, 6.07) is 0. The number of nitrogens with one attached hydrogen (secondary N) is 1. The normalized spacial score (nSPS) is 18.2. The molecule has 3 rings (SSSR count). The maximum atomic E-state index is 12.0. The standard InChI is InChI=1S/C22H32N4O6/c27-18(28)9-7-5-3-1-2-4-6-8-10-19(29)31-13-16-11-12-17(32-16)26-15-25-20-21(26)23-14-24-22(20)30/h14-17H,1-13H2,(H,27,28)(H,23,24,30)/t16-,17+/m0/s1. The van der Waals surface area contributed by atoms with Crippen LogP contribution in [0.1, 0.15) is 83.3 Å². The molecule has 176 valence electrons. The molecule has 2 atom stereocenters. The predicted molar refractivity (Wildman–Crippen MR) is 116 cm³/mol. The van der Waals surface area contributed by atoms with Crippen molar-refractivity contribution >= 4 is 23.1 Å². The number of ether oxygens (including phenoxy) is 2. The Bertz CT molecular complexity index is 940. The first-order valence-electron chi connectivity index (χ1n) is 11.5. The zero-order chi connectivity index (χ0) is 22.8. The molecular formula is C22H32N4O6. The van der Waals surface area contributed by atoms with E-state index in [0.29, 0.717) is 12.1 Å². The minimum absolute atomic E-state index is 0.176. The number of unbranched alkanes of at least 4 members (excludes halogenated alkanes) is 7. The second kappa shape index (κ2) is 12.3. The Morgan fingerprint density at radius 2 is 1.75 bits per heavy atom. The maximum absolute atomic E-state index is 12.0. The van der Waals surface area contributed by atoms with Gasteiger partial charge in [-0.2, -0.15) is 0 Å². The van der Waals surface area contributed by atoms with Crippen LogP contribution in [0.4, 0.5) is 0 Å². The molecule has 1 fully saturated rings. The number of H-pyrrole nitrogens is 1. The lowest BCUT2D eigenvalue weighted by molar-refractivity contribution is -0.148. The van der Waals surface area contributed by atoms with Crippen molar-refractivity contribution in [2.75, 3.05) is 6.61 Å². The summed E-state index contributed by atoms with van der Waals surface area (Å²) in [7, 11) is 0. The predicted octanol–water partition coefficient (Wildman–Crippen LogP) is 3.33. The van der Waals surface area contributed by atoms with Gasteiger partial charge in [0.1, 0.15) is 12.8 Å². The highest BCUT2D eigenvalue weighted by molar-refractivity contribution is 5.69. The summed E-state index contributed by atoms with van der Waals surface area (Å²) < 4.78 is 13.1. The molecular weight excluding hydrogens is 416 g/mol. The summed E-state index contributed by atoms with van der Waals surface area (Å²) in [4.78, 5) is 45.0. The van der Waals surface area contributed by atoms with E-state index in [4.69, 9.17) is 14.6 Å². The summed E-state index contributed by atoms with van der Waals surface area (Å²) in [5, 5.41) is 8.59. The highest BCUT2D eigenvalue weighted by Gasteiger charge is 2.29. The van der Waals surface area contributed by atoms with Crippen LogP contribution in [0.3, 0.4) is 0 Å². The molecule has 0 aromatic carbocycles. The Morgan fingerprint density at radius 1 is 1.06 bits per heavy atom. The fourth-order valence-corrected chi connectivity index (χ4v) is 3.95. The van der Waals surface area contributed by atoms with Crippen LogP contribution in [0.25, 0.3) is 11.2 Å². The third-order valence-corrected chi connectivity index (χ3v) is 5.71. The zero-order valence-corrected chi connectivity index (χ0v) is 18.3. The van der Waals surface area contributed by atoms with E-state index in [0.717, 1.165) is 64.2 Å². The largest absolute Gasteiger partial charge is 0.481 e.